The summed E-state index contributed by atoms with van der Waals surface area (Å²) in [5, 5.41) is 11.5. The third kappa shape index (κ3) is 6.76. The fourth-order valence-electron chi connectivity index (χ4n) is 1.61. The Labute approximate surface area is 112 Å². The highest BCUT2D eigenvalue weighted by Crippen LogP contribution is 2.11. The molecule has 0 aliphatic rings. The summed E-state index contributed by atoms with van der Waals surface area (Å²) in [6, 6.07) is 5.72. The molecule has 0 bridgehead atoms. The molecular weight excluding hydrogens is 249 g/mol. The largest absolute Gasteiger partial charge is 0.493 e. The molecule has 0 aliphatic carbocycles. The average Bonchev–Trinajstić information content (AvgIpc) is 2.38. The van der Waals surface area contributed by atoms with Crippen LogP contribution < -0.4 is 10.1 Å². The van der Waals surface area contributed by atoms with Gasteiger partial charge in [-0.25, -0.2) is 4.39 Å². The first kappa shape index (κ1) is 15.4. The maximum absolute atomic E-state index is 12.6. The van der Waals surface area contributed by atoms with Crippen LogP contribution in [0.2, 0.25) is 0 Å². The number of ether oxygens (including phenoxy) is 1. The van der Waals surface area contributed by atoms with Gasteiger partial charge in [0.05, 0.1) is 13.0 Å². The van der Waals surface area contributed by atoms with Crippen molar-refractivity contribution in [2.45, 2.75) is 32.2 Å². The minimum atomic E-state index is -0.317. The van der Waals surface area contributed by atoms with Crippen LogP contribution in [0.5, 0.6) is 5.75 Å². The number of amides is 1. The summed E-state index contributed by atoms with van der Waals surface area (Å²) in [6.07, 6.45) is 1.68. The van der Waals surface area contributed by atoms with E-state index in [-0.39, 0.29) is 37.4 Å². The van der Waals surface area contributed by atoms with Crippen LogP contribution in [0, 0.1) is 5.82 Å². The van der Waals surface area contributed by atoms with Crippen LogP contribution in [0.25, 0.3) is 0 Å². The number of nitrogens with one attached hydrogen (secondary N) is 1. The van der Waals surface area contributed by atoms with E-state index in [0.29, 0.717) is 12.2 Å². The first-order chi connectivity index (χ1) is 9.11. The van der Waals surface area contributed by atoms with Gasteiger partial charge in [-0.2, -0.15) is 0 Å². The highest BCUT2D eigenvalue weighted by Gasteiger charge is 2.07. The number of hydrogen-bond donors (Lipinski definition) is 2. The van der Waals surface area contributed by atoms with Gasteiger partial charge in [-0.15, -0.1) is 0 Å². The normalized spacial score (nSPS) is 11.9. The fraction of sp³-hybridized carbons (Fsp3) is 0.500. The molecule has 0 fully saturated rings. The van der Waals surface area contributed by atoms with Crippen LogP contribution in [0.3, 0.4) is 0 Å². The van der Waals surface area contributed by atoms with Crippen LogP contribution in [-0.4, -0.2) is 30.3 Å². The maximum Gasteiger partial charge on any atom is 0.223 e. The molecule has 0 saturated heterocycles. The van der Waals surface area contributed by atoms with Crippen molar-refractivity contribution in [2.75, 3.05) is 13.2 Å². The van der Waals surface area contributed by atoms with Gasteiger partial charge in [-0.05, 0) is 44.0 Å². The van der Waals surface area contributed by atoms with Gasteiger partial charge in [0.15, 0.2) is 0 Å². The zero-order chi connectivity index (χ0) is 14.1. The Morgan fingerprint density at radius 2 is 2.11 bits per heavy atom. The van der Waals surface area contributed by atoms with Crippen molar-refractivity contribution in [3.8, 4) is 5.75 Å². The summed E-state index contributed by atoms with van der Waals surface area (Å²) < 4.78 is 18.0. The summed E-state index contributed by atoms with van der Waals surface area (Å²) in [6.45, 7) is 2.28. The summed E-state index contributed by atoms with van der Waals surface area (Å²) in [5.74, 6) is 0.137. The number of hydrogen-bond acceptors (Lipinski definition) is 3. The molecule has 4 nitrogen and oxygen atoms in total. The molecule has 1 aromatic carbocycles. The Bertz CT molecular complexity index is 381. The molecule has 2 N–H and O–H groups in total. The van der Waals surface area contributed by atoms with Gasteiger partial charge < -0.3 is 15.2 Å². The van der Waals surface area contributed by atoms with Crippen molar-refractivity contribution in [2.24, 2.45) is 0 Å². The lowest BCUT2D eigenvalue weighted by atomic mass is 10.2. The van der Waals surface area contributed by atoms with Crippen molar-refractivity contribution >= 4 is 5.91 Å². The Kier molecular flexibility index (Phi) is 6.89. The lowest BCUT2D eigenvalue weighted by molar-refractivity contribution is -0.122. The quantitative estimate of drug-likeness (QED) is 0.757. The Hall–Kier alpha value is -1.62. The lowest BCUT2D eigenvalue weighted by Gasteiger charge is -2.13. The van der Waals surface area contributed by atoms with E-state index >= 15 is 0 Å². The fourth-order valence-corrected chi connectivity index (χ4v) is 1.61. The maximum atomic E-state index is 12.6. The Morgan fingerprint density at radius 1 is 1.42 bits per heavy atom. The highest BCUT2D eigenvalue weighted by molar-refractivity contribution is 5.76. The van der Waals surface area contributed by atoms with Crippen LogP contribution in [0.1, 0.15) is 26.2 Å². The number of benzene rings is 1. The smallest absolute Gasteiger partial charge is 0.223 e. The third-order valence-corrected chi connectivity index (χ3v) is 2.61. The lowest BCUT2D eigenvalue weighted by Crippen LogP contribution is -2.33. The second kappa shape index (κ2) is 8.48. The van der Waals surface area contributed by atoms with Crippen molar-refractivity contribution in [1.29, 1.82) is 0 Å². The molecule has 1 rings (SSSR count). The zero-order valence-electron chi connectivity index (χ0n) is 11.1. The zero-order valence-corrected chi connectivity index (χ0v) is 11.1. The Morgan fingerprint density at radius 3 is 2.74 bits per heavy atom. The molecule has 5 heteroatoms. The molecule has 1 amide bonds. The van der Waals surface area contributed by atoms with E-state index in [2.05, 4.69) is 5.32 Å². The minimum absolute atomic E-state index is 0.0467. The molecule has 1 aromatic rings. The number of aliphatic hydroxyl groups excluding tert-OH is 1. The topological polar surface area (TPSA) is 58.6 Å². The summed E-state index contributed by atoms with van der Waals surface area (Å²) in [5.41, 5.74) is 0. The molecule has 0 saturated carbocycles. The molecule has 0 aromatic heterocycles. The molecule has 106 valence electrons. The summed E-state index contributed by atoms with van der Waals surface area (Å²) >= 11 is 0. The van der Waals surface area contributed by atoms with Crippen LogP contribution in [-0.2, 0) is 4.79 Å². The molecule has 1 atom stereocenters. The summed E-state index contributed by atoms with van der Waals surface area (Å²) in [4.78, 5) is 11.5. The number of aliphatic hydroxyl groups is 1. The van der Waals surface area contributed by atoms with Crippen molar-refractivity contribution in [3.05, 3.63) is 30.1 Å². The van der Waals surface area contributed by atoms with E-state index in [4.69, 9.17) is 9.84 Å². The first-order valence-electron chi connectivity index (χ1n) is 6.40. The molecule has 0 radical (unpaired) electrons. The van der Waals surface area contributed by atoms with Gasteiger partial charge >= 0.3 is 0 Å². The molecule has 0 aliphatic heterocycles. The average molecular weight is 269 g/mol. The first-order valence-corrected chi connectivity index (χ1v) is 6.40. The van der Waals surface area contributed by atoms with E-state index < -0.39 is 0 Å². The summed E-state index contributed by atoms with van der Waals surface area (Å²) in [7, 11) is 0. The van der Waals surface area contributed by atoms with Crippen molar-refractivity contribution < 1.29 is 19.0 Å². The predicted octanol–water partition coefficient (Wildman–Crippen LogP) is 1.87. The predicted molar refractivity (Wildman–Crippen MR) is 70.4 cm³/mol. The standard InChI is InChI=1S/C14H20FNO3/c1-11(3-2-9-17)16-14(18)8-10-19-13-6-4-12(15)5-7-13/h4-7,11,17H,2-3,8-10H2,1H3,(H,16,18). The number of rotatable bonds is 8. The van der Waals surface area contributed by atoms with Gasteiger partial charge in [-0.1, -0.05) is 0 Å². The second-order valence-corrected chi connectivity index (χ2v) is 4.39. The van der Waals surface area contributed by atoms with E-state index in [0.717, 1.165) is 6.42 Å². The van der Waals surface area contributed by atoms with Crippen molar-refractivity contribution in [1.82, 2.24) is 5.32 Å². The highest BCUT2D eigenvalue weighted by atomic mass is 19.1. The monoisotopic (exact) mass is 269 g/mol. The van der Waals surface area contributed by atoms with Crippen LogP contribution >= 0.6 is 0 Å². The molecule has 0 heterocycles. The second-order valence-electron chi connectivity index (χ2n) is 4.39. The molecule has 0 spiro atoms. The van der Waals surface area contributed by atoms with Gasteiger partial charge in [-0.3, -0.25) is 4.79 Å². The van der Waals surface area contributed by atoms with E-state index in [1.165, 1.54) is 24.3 Å². The van der Waals surface area contributed by atoms with Crippen LogP contribution in [0.4, 0.5) is 4.39 Å². The van der Waals surface area contributed by atoms with Gasteiger partial charge in [0.1, 0.15) is 11.6 Å². The SMILES string of the molecule is CC(CCCO)NC(=O)CCOc1ccc(F)cc1. The number of carbonyl (C=O) groups is 1. The number of carbonyl (C=O) groups excluding carboxylic acids is 1. The number of halogens is 1. The molecular formula is C14H20FNO3. The minimum Gasteiger partial charge on any atom is -0.493 e. The van der Waals surface area contributed by atoms with E-state index in [1.807, 2.05) is 6.92 Å². The van der Waals surface area contributed by atoms with Gasteiger partial charge in [0.2, 0.25) is 5.91 Å². The Balaban J connectivity index is 2.18. The van der Waals surface area contributed by atoms with Gasteiger partial charge in [0.25, 0.3) is 0 Å². The van der Waals surface area contributed by atoms with Gasteiger partial charge in [0, 0.05) is 12.6 Å². The molecule has 1 unspecified atom stereocenters. The third-order valence-electron chi connectivity index (χ3n) is 2.61. The van der Waals surface area contributed by atoms with E-state index in [1.54, 1.807) is 0 Å². The molecule has 19 heavy (non-hydrogen) atoms. The van der Waals surface area contributed by atoms with Crippen LogP contribution in [0.15, 0.2) is 24.3 Å². The van der Waals surface area contributed by atoms with E-state index in [9.17, 15) is 9.18 Å². The van der Waals surface area contributed by atoms with Crippen molar-refractivity contribution in [3.63, 3.8) is 0 Å².